The van der Waals surface area contributed by atoms with Gasteiger partial charge < -0.3 is 14.6 Å². The van der Waals surface area contributed by atoms with Gasteiger partial charge in [-0.2, -0.15) is 4.98 Å². The van der Waals surface area contributed by atoms with Gasteiger partial charge in [0.1, 0.15) is 6.61 Å². The van der Waals surface area contributed by atoms with Crippen molar-refractivity contribution in [2.45, 2.75) is 38.8 Å². The van der Waals surface area contributed by atoms with E-state index in [9.17, 15) is 0 Å². The van der Waals surface area contributed by atoms with Crippen molar-refractivity contribution in [3.05, 3.63) is 11.7 Å². The van der Waals surface area contributed by atoms with Crippen LogP contribution >= 0.6 is 0 Å². The molecule has 0 fully saturated rings. The summed E-state index contributed by atoms with van der Waals surface area (Å²) in [5, 5.41) is 7.05. The molecule has 0 aliphatic rings. The highest BCUT2D eigenvalue weighted by Gasteiger charge is 2.12. The van der Waals surface area contributed by atoms with Crippen molar-refractivity contribution in [1.29, 1.82) is 0 Å². The van der Waals surface area contributed by atoms with Gasteiger partial charge in [-0.25, -0.2) is 0 Å². The lowest BCUT2D eigenvalue weighted by Crippen LogP contribution is -2.27. The van der Waals surface area contributed by atoms with E-state index in [1.807, 2.05) is 7.05 Å². The molecule has 15 heavy (non-hydrogen) atoms. The monoisotopic (exact) mass is 213 g/mol. The predicted octanol–water partition coefficient (Wildman–Crippen LogP) is 1.15. The van der Waals surface area contributed by atoms with Gasteiger partial charge in [-0.15, -0.1) is 0 Å². The van der Waals surface area contributed by atoms with Crippen molar-refractivity contribution in [2.75, 3.05) is 14.2 Å². The summed E-state index contributed by atoms with van der Waals surface area (Å²) in [7, 11) is 3.57. The molecule has 0 aliphatic carbocycles. The lowest BCUT2D eigenvalue weighted by molar-refractivity contribution is 0.174. The molecular weight excluding hydrogens is 194 g/mol. The lowest BCUT2D eigenvalue weighted by Gasteiger charge is -2.11. The van der Waals surface area contributed by atoms with Crippen LogP contribution in [0.3, 0.4) is 0 Å². The Morgan fingerprint density at radius 1 is 1.53 bits per heavy atom. The fourth-order valence-electron chi connectivity index (χ4n) is 1.47. The second-order valence-corrected chi connectivity index (χ2v) is 3.52. The van der Waals surface area contributed by atoms with Gasteiger partial charge in [0.05, 0.1) is 0 Å². The minimum absolute atomic E-state index is 0.404. The zero-order chi connectivity index (χ0) is 11.1. The number of hydrogen-bond donors (Lipinski definition) is 1. The first-order chi connectivity index (χ1) is 7.30. The largest absolute Gasteiger partial charge is 0.377 e. The third-order valence-electron chi connectivity index (χ3n) is 2.25. The van der Waals surface area contributed by atoms with E-state index in [4.69, 9.17) is 9.26 Å². The van der Waals surface area contributed by atoms with Gasteiger partial charge in [0.25, 0.3) is 0 Å². The smallest absolute Gasteiger partial charge is 0.228 e. The molecule has 5 heteroatoms. The molecule has 0 saturated heterocycles. The minimum atomic E-state index is 0.404. The maximum absolute atomic E-state index is 5.11. The van der Waals surface area contributed by atoms with E-state index >= 15 is 0 Å². The Hall–Kier alpha value is -0.940. The molecule has 0 aliphatic heterocycles. The van der Waals surface area contributed by atoms with Crippen LogP contribution in [0.2, 0.25) is 0 Å². The Morgan fingerprint density at radius 2 is 2.33 bits per heavy atom. The van der Waals surface area contributed by atoms with Gasteiger partial charge in [-0.05, 0) is 13.5 Å². The van der Waals surface area contributed by atoms with Crippen LogP contribution in [0.4, 0.5) is 0 Å². The highest BCUT2D eigenvalue weighted by Crippen LogP contribution is 2.06. The molecule has 1 N–H and O–H groups in total. The molecule has 5 nitrogen and oxygen atoms in total. The number of rotatable bonds is 7. The molecule has 0 radical (unpaired) electrons. The van der Waals surface area contributed by atoms with E-state index in [-0.39, 0.29) is 0 Å². The molecule has 86 valence electrons. The van der Waals surface area contributed by atoms with Crippen LogP contribution in [0.15, 0.2) is 4.52 Å². The van der Waals surface area contributed by atoms with Gasteiger partial charge in [0, 0.05) is 19.6 Å². The van der Waals surface area contributed by atoms with Gasteiger partial charge >= 0.3 is 0 Å². The Labute approximate surface area is 90.2 Å². The molecule has 1 rings (SSSR count). The number of methoxy groups -OCH3 is 1. The molecule has 0 bridgehead atoms. The quantitative estimate of drug-likeness (QED) is 0.736. The van der Waals surface area contributed by atoms with Crippen LogP contribution in [-0.2, 0) is 17.8 Å². The lowest BCUT2D eigenvalue weighted by atomic mass is 10.1. The van der Waals surface area contributed by atoms with E-state index < -0.39 is 0 Å². The standard InChI is InChI=1S/C10H19N3O2/c1-4-5-8(11-2)6-10-12-9(7-14-3)13-15-10/h8,11H,4-7H2,1-3H3. The van der Waals surface area contributed by atoms with Crippen molar-refractivity contribution in [2.24, 2.45) is 0 Å². The van der Waals surface area contributed by atoms with E-state index in [0.29, 0.717) is 24.4 Å². The molecular formula is C10H19N3O2. The average Bonchev–Trinajstić information content (AvgIpc) is 2.66. The maximum atomic E-state index is 5.11. The molecule has 0 aromatic carbocycles. The van der Waals surface area contributed by atoms with Gasteiger partial charge in [0.2, 0.25) is 5.89 Å². The molecule has 1 unspecified atom stereocenters. The number of ether oxygens (including phenoxy) is 1. The number of hydrogen-bond acceptors (Lipinski definition) is 5. The van der Waals surface area contributed by atoms with Gasteiger partial charge in [-0.1, -0.05) is 18.5 Å². The fraction of sp³-hybridized carbons (Fsp3) is 0.800. The molecule has 1 aromatic heterocycles. The summed E-state index contributed by atoms with van der Waals surface area (Å²) in [6.07, 6.45) is 3.03. The summed E-state index contributed by atoms with van der Waals surface area (Å²) >= 11 is 0. The highest BCUT2D eigenvalue weighted by molar-refractivity contribution is 4.88. The number of likely N-dealkylation sites (N-methyl/N-ethyl adjacent to an activating group) is 1. The van der Waals surface area contributed by atoms with Gasteiger partial charge in [-0.3, -0.25) is 0 Å². The molecule has 0 saturated carbocycles. The average molecular weight is 213 g/mol. The molecule has 1 heterocycles. The second kappa shape index (κ2) is 6.53. The molecule has 1 atom stereocenters. The Balaban J connectivity index is 2.47. The van der Waals surface area contributed by atoms with Crippen LogP contribution in [0.1, 0.15) is 31.5 Å². The summed E-state index contributed by atoms with van der Waals surface area (Å²) in [6, 6.07) is 0.408. The first-order valence-corrected chi connectivity index (χ1v) is 5.27. The van der Waals surface area contributed by atoms with Crippen molar-refractivity contribution in [1.82, 2.24) is 15.5 Å². The van der Waals surface area contributed by atoms with E-state index in [1.165, 1.54) is 0 Å². The zero-order valence-corrected chi connectivity index (χ0v) is 9.62. The van der Waals surface area contributed by atoms with E-state index in [2.05, 4.69) is 22.4 Å². The summed E-state index contributed by atoms with van der Waals surface area (Å²) in [6.45, 7) is 2.57. The van der Waals surface area contributed by atoms with Crippen molar-refractivity contribution in [3.8, 4) is 0 Å². The topological polar surface area (TPSA) is 60.2 Å². The van der Waals surface area contributed by atoms with Crippen molar-refractivity contribution >= 4 is 0 Å². The van der Waals surface area contributed by atoms with Crippen LogP contribution in [-0.4, -0.2) is 30.3 Å². The molecule has 0 spiro atoms. The first kappa shape index (κ1) is 12.1. The third kappa shape index (κ3) is 3.97. The Kier molecular flexibility index (Phi) is 5.28. The van der Waals surface area contributed by atoms with Crippen LogP contribution < -0.4 is 5.32 Å². The normalized spacial score (nSPS) is 13.0. The first-order valence-electron chi connectivity index (χ1n) is 5.27. The van der Waals surface area contributed by atoms with Crippen LogP contribution in [0, 0.1) is 0 Å². The SMILES string of the molecule is CCCC(Cc1nc(COC)no1)NC. The van der Waals surface area contributed by atoms with E-state index in [1.54, 1.807) is 7.11 Å². The zero-order valence-electron chi connectivity index (χ0n) is 9.62. The Bertz CT molecular complexity index is 275. The summed E-state index contributed by atoms with van der Waals surface area (Å²) in [5.74, 6) is 1.29. The second-order valence-electron chi connectivity index (χ2n) is 3.52. The summed E-state index contributed by atoms with van der Waals surface area (Å²) in [5.41, 5.74) is 0. The summed E-state index contributed by atoms with van der Waals surface area (Å²) < 4.78 is 10.0. The number of aromatic nitrogens is 2. The fourth-order valence-corrected chi connectivity index (χ4v) is 1.47. The van der Waals surface area contributed by atoms with Crippen molar-refractivity contribution in [3.63, 3.8) is 0 Å². The highest BCUT2D eigenvalue weighted by atomic mass is 16.5. The third-order valence-corrected chi connectivity index (χ3v) is 2.25. The van der Waals surface area contributed by atoms with Gasteiger partial charge in [0.15, 0.2) is 5.82 Å². The Morgan fingerprint density at radius 3 is 2.93 bits per heavy atom. The summed E-state index contributed by atoms with van der Waals surface area (Å²) in [4.78, 5) is 4.23. The number of nitrogens with one attached hydrogen (secondary N) is 1. The predicted molar refractivity (Wildman–Crippen MR) is 56.5 cm³/mol. The van der Waals surface area contributed by atoms with E-state index in [0.717, 1.165) is 19.3 Å². The number of nitrogens with zero attached hydrogens (tertiary/aromatic N) is 2. The van der Waals surface area contributed by atoms with Crippen LogP contribution in [0.5, 0.6) is 0 Å². The minimum Gasteiger partial charge on any atom is -0.377 e. The molecule has 0 amide bonds. The van der Waals surface area contributed by atoms with Crippen molar-refractivity contribution < 1.29 is 9.26 Å². The maximum Gasteiger partial charge on any atom is 0.228 e. The van der Waals surface area contributed by atoms with Crippen LogP contribution in [0.25, 0.3) is 0 Å². The molecule has 1 aromatic rings.